The third-order valence-corrected chi connectivity index (χ3v) is 5.27. The first-order valence-electron chi connectivity index (χ1n) is 8.82. The minimum Gasteiger partial charge on any atom is -0.381 e. The number of aryl methyl sites for hydroxylation is 1. The smallest absolute Gasteiger partial charge is 0.220 e. The number of carbonyl (C=O) groups is 1. The molecular weight excluding hydrogens is 334 g/mol. The molecule has 1 fully saturated rings. The van der Waals surface area contributed by atoms with Crippen LogP contribution in [0, 0.1) is 0 Å². The molecule has 132 valence electrons. The summed E-state index contributed by atoms with van der Waals surface area (Å²) in [5, 5.41) is 3.87. The fourth-order valence-electron chi connectivity index (χ4n) is 3.39. The van der Waals surface area contributed by atoms with Crippen LogP contribution in [0.2, 0.25) is 5.02 Å². The molecule has 2 aromatic rings. The van der Waals surface area contributed by atoms with E-state index in [-0.39, 0.29) is 11.3 Å². The predicted octanol–water partition coefficient (Wildman–Crippen LogP) is 4.14. The molecule has 1 saturated heterocycles. The maximum atomic E-state index is 12.3. The molecule has 0 atom stereocenters. The molecule has 3 nitrogen and oxygen atoms in total. The summed E-state index contributed by atoms with van der Waals surface area (Å²) in [5.41, 5.74) is 2.40. The molecule has 0 radical (unpaired) electrons. The zero-order chi connectivity index (χ0) is 17.5. The number of benzene rings is 2. The van der Waals surface area contributed by atoms with Gasteiger partial charge in [-0.15, -0.1) is 0 Å². The monoisotopic (exact) mass is 357 g/mol. The Bertz CT molecular complexity index is 679. The van der Waals surface area contributed by atoms with Gasteiger partial charge in [0.2, 0.25) is 5.91 Å². The number of amides is 1. The molecule has 1 aliphatic heterocycles. The standard InChI is InChI=1S/C21H24ClNO2/c22-19-9-6-17(7-10-19)8-11-20(24)23-16-21(12-14-25-15-13-21)18-4-2-1-3-5-18/h1-7,9-10H,8,11-16H2,(H,23,24). The lowest BCUT2D eigenvalue weighted by atomic mass is 9.74. The van der Waals surface area contributed by atoms with Crippen LogP contribution in [0.15, 0.2) is 54.6 Å². The van der Waals surface area contributed by atoms with Crippen molar-refractivity contribution in [2.45, 2.75) is 31.1 Å². The summed E-state index contributed by atoms with van der Waals surface area (Å²) in [6.07, 6.45) is 3.09. The van der Waals surface area contributed by atoms with Crippen molar-refractivity contribution in [3.63, 3.8) is 0 Å². The lowest BCUT2D eigenvalue weighted by molar-refractivity contribution is -0.121. The van der Waals surface area contributed by atoms with Gasteiger partial charge in [-0.3, -0.25) is 4.79 Å². The van der Waals surface area contributed by atoms with E-state index < -0.39 is 0 Å². The molecule has 0 unspecified atom stereocenters. The minimum absolute atomic E-state index is 0.0184. The Hall–Kier alpha value is -1.84. The number of ether oxygens (including phenoxy) is 1. The van der Waals surface area contributed by atoms with Crippen LogP contribution in [0.5, 0.6) is 0 Å². The van der Waals surface area contributed by atoms with Gasteiger partial charge < -0.3 is 10.1 Å². The van der Waals surface area contributed by atoms with E-state index in [1.54, 1.807) is 0 Å². The summed E-state index contributed by atoms with van der Waals surface area (Å²) < 4.78 is 5.54. The van der Waals surface area contributed by atoms with Gasteiger partial charge in [0.15, 0.2) is 0 Å². The van der Waals surface area contributed by atoms with Crippen LogP contribution in [-0.2, 0) is 21.4 Å². The zero-order valence-corrected chi connectivity index (χ0v) is 15.1. The van der Waals surface area contributed by atoms with Gasteiger partial charge in [0.25, 0.3) is 0 Å². The zero-order valence-electron chi connectivity index (χ0n) is 14.3. The Labute approximate surface area is 154 Å². The highest BCUT2D eigenvalue weighted by atomic mass is 35.5. The molecule has 4 heteroatoms. The van der Waals surface area contributed by atoms with Crippen LogP contribution in [0.4, 0.5) is 0 Å². The highest BCUT2D eigenvalue weighted by molar-refractivity contribution is 6.30. The first-order valence-corrected chi connectivity index (χ1v) is 9.20. The number of hydrogen-bond acceptors (Lipinski definition) is 2. The van der Waals surface area contributed by atoms with Gasteiger partial charge in [0.1, 0.15) is 0 Å². The summed E-state index contributed by atoms with van der Waals surface area (Å²) in [5.74, 6) is 0.0942. The van der Waals surface area contributed by atoms with Crippen molar-refractivity contribution in [1.29, 1.82) is 0 Å². The fourth-order valence-corrected chi connectivity index (χ4v) is 3.51. The molecule has 0 spiro atoms. The number of hydrogen-bond donors (Lipinski definition) is 1. The molecule has 0 bridgehead atoms. The van der Waals surface area contributed by atoms with E-state index in [2.05, 4.69) is 29.6 Å². The van der Waals surface area contributed by atoms with E-state index in [9.17, 15) is 4.79 Å². The second kappa shape index (κ2) is 8.50. The van der Waals surface area contributed by atoms with Gasteiger partial charge in [0, 0.05) is 36.6 Å². The van der Waals surface area contributed by atoms with E-state index in [1.807, 2.05) is 30.3 Å². The first kappa shape index (κ1) is 18.0. The maximum Gasteiger partial charge on any atom is 0.220 e. The van der Waals surface area contributed by atoms with Crippen LogP contribution in [0.3, 0.4) is 0 Å². The van der Waals surface area contributed by atoms with Gasteiger partial charge in [0.05, 0.1) is 0 Å². The molecule has 2 aromatic carbocycles. The number of carbonyl (C=O) groups excluding carboxylic acids is 1. The maximum absolute atomic E-state index is 12.3. The van der Waals surface area contributed by atoms with E-state index in [0.717, 1.165) is 43.1 Å². The molecule has 3 rings (SSSR count). The third-order valence-electron chi connectivity index (χ3n) is 5.01. The van der Waals surface area contributed by atoms with E-state index in [1.165, 1.54) is 5.56 Å². The van der Waals surface area contributed by atoms with Crippen LogP contribution in [0.1, 0.15) is 30.4 Å². The Morgan fingerprint density at radius 1 is 1.04 bits per heavy atom. The van der Waals surface area contributed by atoms with E-state index in [0.29, 0.717) is 13.0 Å². The first-order chi connectivity index (χ1) is 12.2. The lowest BCUT2D eigenvalue weighted by Gasteiger charge is -2.38. The van der Waals surface area contributed by atoms with Gasteiger partial charge in [-0.05, 0) is 42.5 Å². The molecule has 0 aromatic heterocycles. The van der Waals surface area contributed by atoms with Crippen LogP contribution < -0.4 is 5.32 Å². The second-order valence-corrected chi connectivity index (χ2v) is 7.10. The number of rotatable bonds is 6. The average Bonchev–Trinajstić information content (AvgIpc) is 2.67. The van der Waals surface area contributed by atoms with Gasteiger partial charge >= 0.3 is 0 Å². The van der Waals surface area contributed by atoms with Gasteiger partial charge in [-0.2, -0.15) is 0 Å². The summed E-state index contributed by atoms with van der Waals surface area (Å²) >= 11 is 5.89. The van der Waals surface area contributed by atoms with Crippen molar-refractivity contribution in [2.24, 2.45) is 0 Å². The van der Waals surface area contributed by atoms with Crippen molar-refractivity contribution in [3.05, 3.63) is 70.7 Å². The molecule has 1 N–H and O–H groups in total. The number of halogens is 1. The average molecular weight is 358 g/mol. The predicted molar refractivity (Wildman–Crippen MR) is 101 cm³/mol. The van der Waals surface area contributed by atoms with Gasteiger partial charge in [-0.1, -0.05) is 54.1 Å². The van der Waals surface area contributed by atoms with Crippen molar-refractivity contribution < 1.29 is 9.53 Å². The summed E-state index contributed by atoms with van der Waals surface area (Å²) in [4.78, 5) is 12.3. The number of nitrogens with one attached hydrogen (secondary N) is 1. The highest BCUT2D eigenvalue weighted by Crippen LogP contribution is 2.34. The topological polar surface area (TPSA) is 38.3 Å². The third kappa shape index (κ3) is 4.83. The summed E-state index contributed by atoms with van der Waals surface area (Å²) in [6, 6.07) is 18.1. The molecule has 0 saturated carbocycles. The minimum atomic E-state index is -0.0184. The molecular formula is C21H24ClNO2. The Morgan fingerprint density at radius 3 is 2.40 bits per heavy atom. The van der Waals surface area contributed by atoms with Crippen molar-refractivity contribution in [3.8, 4) is 0 Å². The van der Waals surface area contributed by atoms with Crippen LogP contribution >= 0.6 is 11.6 Å². The highest BCUT2D eigenvalue weighted by Gasteiger charge is 2.34. The van der Waals surface area contributed by atoms with Crippen molar-refractivity contribution in [2.75, 3.05) is 19.8 Å². The SMILES string of the molecule is O=C(CCc1ccc(Cl)cc1)NCC1(c2ccccc2)CCOCC1. The molecule has 25 heavy (non-hydrogen) atoms. The van der Waals surface area contributed by atoms with E-state index >= 15 is 0 Å². The van der Waals surface area contributed by atoms with Crippen LogP contribution in [-0.4, -0.2) is 25.7 Å². The fraction of sp³-hybridized carbons (Fsp3) is 0.381. The van der Waals surface area contributed by atoms with Gasteiger partial charge in [-0.25, -0.2) is 0 Å². The normalized spacial score (nSPS) is 16.4. The lowest BCUT2D eigenvalue weighted by Crippen LogP contribution is -2.44. The Kier molecular flexibility index (Phi) is 6.11. The molecule has 1 heterocycles. The molecule has 0 aliphatic carbocycles. The Morgan fingerprint density at radius 2 is 1.72 bits per heavy atom. The molecule has 1 amide bonds. The quantitative estimate of drug-likeness (QED) is 0.843. The summed E-state index contributed by atoms with van der Waals surface area (Å²) in [6.45, 7) is 2.16. The molecule has 1 aliphatic rings. The van der Waals surface area contributed by atoms with E-state index in [4.69, 9.17) is 16.3 Å². The Balaban J connectivity index is 1.57. The van der Waals surface area contributed by atoms with Crippen LogP contribution in [0.25, 0.3) is 0 Å². The summed E-state index contributed by atoms with van der Waals surface area (Å²) in [7, 11) is 0. The largest absolute Gasteiger partial charge is 0.381 e. The second-order valence-electron chi connectivity index (χ2n) is 6.66. The van der Waals surface area contributed by atoms with Crippen molar-refractivity contribution in [1.82, 2.24) is 5.32 Å². The van der Waals surface area contributed by atoms with Crippen molar-refractivity contribution >= 4 is 17.5 Å².